The molecule has 1 N–H and O–H groups in total. The molecular formula is C19H12ClF2N3O3S. The Hall–Kier alpha value is -3.13. The number of thiophene rings is 1. The number of halogens is 3. The molecule has 0 radical (unpaired) electrons. The zero-order chi connectivity index (χ0) is 21.1. The molecule has 1 heterocycles. The predicted octanol–water partition coefficient (Wildman–Crippen LogP) is 6.10. The van der Waals surface area contributed by atoms with Crippen molar-refractivity contribution in [3.63, 3.8) is 0 Å². The zero-order valence-corrected chi connectivity index (χ0v) is 16.4. The summed E-state index contributed by atoms with van der Waals surface area (Å²) in [5, 5.41) is 13.2. The molecule has 0 fully saturated rings. The van der Waals surface area contributed by atoms with Gasteiger partial charge in [0.1, 0.15) is 11.6 Å². The Morgan fingerprint density at radius 1 is 1.31 bits per heavy atom. The lowest BCUT2D eigenvalue weighted by Crippen LogP contribution is -2.05. The van der Waals surface area contributed by atoms with E-state index in [2.05, 4.69) is 10.0 Å². The van der Waals surface area contributed by atoms with E-state index in [0.717, 1.165) is 23.5 Å². The quantitative estimate of drug-likeness (QED) is 0.219. The number of aromatic hydroxyl groups is 1. The Morgan fingerprint density at radius 2 is 2.07 bits per heavy atom. The fraction of sp³-hybridized carbons (Fsp3) is 0.105. The number of nitrogens with zero attached hydrogens (tertiary/aromatic N) is 3. The summed E-state index contributed by atoms with van der Waals surface area (Å²) in [6.45, 7) is 0.00408. The topological polar surface area (TPSA) is 95.3 Å². The van der Waals surface area contributed by atoms with Gasteiger partial charge in [0.2, 0.25) is 5.78 Å². The first-order valence-electron chi connectivity index (χ1n) is 8.06. The summed E-state index contributed by atoms with van der Waals surface area (Å²) in [5.41, 5.74) is 8.88. The third-order valence-corrected chi connectivity index (χ3v) is 5.45. The molecule has 0 aliphatic heterocycles. The minimum atomic E-state index is -1.31. The van der Waals surface area contributed by atoms with E-state index in [0.29, 0.717) is 21.8 Å². The van der Waals surface area contributed by atoms with E-state index in [1.54, 1.807) is 18.2 Å². The van der Waals surface area contributed by atoms with Crippen molar-refractivity contribution >= 4 is 28.7 Å². The lowest BCUT2D eigenvalue weighted by Gasteiger charge is -2.10. The van der Waals surface area contributed by atoms with Gasteiger partial charge < -0.3 is 9.84 Å². The summed E-state index contributed by atoms with van der Waals surface area (Å²) in [6, 6.07) is 7.99. The molecule has 0 aliphatic rings. The fourth-order valence-corrected chi connectivity index (χ4v) is 3.99. The van der Waals surface area contributed by atoms with Crippen molar-refractivity contribution in [2.45, 2.75) is 6.54 Å². The molecule has 3 rings (SSSR count). The molecule has 6 nitrogen and oxygen atoms in total. The van der Waals surface area contributed by atoms with Crippen molar-refractivity contribution in [1.82, 2.24) is 0 Å². The van der Waals surface area contributed by atoms with Crippen molar-refractivity contribution < 1.29 is 23.4 Å². The molecular weight excluding hydrogens is 424 g/mol. The van der Waals surface area contributed by atoms with Gasteiger partial charge in [-0.2, -0.15) is 0 Å². The summed E-state index contributed by atoms with van der Waals surface area (Å²) < 4.78 is 33.3. The Kier molecular flexibility index (Phi) is 6.03. The summed E-state index contributed by atoms with van der Waals surface area (Å²) in [6.07, 6.45) is 0. The number of phenolic OH excluding ortho intramolecular Hbond substituents is 1. The third kappa shape index (κ3) is 4.02. The van der Waals surface area contributed by atoms with E-state index < -0.39 is 28.7 Å². The highest BCUT2D eigenvalue weighted by molar-refractivity contribution is 7.17. The number of hydrogen-bond donors (Lipinski definition) is 1. The third-order valence-electron chi connectivity index (χ3n) is 4.04. The van der Waals surface area contributed by atoms with E-state index in [9.17, 15) is 18.7 Å². The highest BCUT2D eigenvalue weighted by Crippen LogP contribution is 2.38. The van der Waals surface area contributed by atoms with Crippen LogP contribution in [0.3, 0.4) is 0 Å². The minimum absolute atomic E-state index is 0.00408. The molecule has 0 atom stereocenters. The molecule has 2 aromatic carbocycles. The largest absolute Gasteiger partial charge is 0.505 e. The maximum absolute atomic E-state index is 14.1. The van der Waals surface area contributed by atoms with Gasteiger partial charge >= 0.3 is 0 Å². The Labute approximate surface area is 172 Å². The van der Waals surface area contributed by atoms with E-state index in [1.807, 2.05) is 0 Å². The van der Waals surface area contributed by atoms with Crippen molar-refractivity contribution in [2.24, 2.45) is 5.11 Å². The average Bonchev–Trinajstić information content (AvgIpc) is 3.19. The molecule has 10 heteroatoms. The van der Waals surface area contributed by atoms with Gasteiger partial charge in [-0.05, 0) is 47.5 Å². The SMILES string of the molecule is COc1c(Cl)cc(-c2ccc(C(=O)c3c(F)ccc(O)c3F)s2)cc1CN=[N+]=[N-]. The number of phenols is 1. The van der Waals surface area contributed by atoms with E-state index in [4.69, 9.17) is 21.9 Å². The number of hydrogen-bond acceptors (Lipinski definition) is 5. The fourth-order valence-electron chi connectivity index (χ4n) is 2.73. The molecule has 0 saturated heterocycles. The molecule has 0 amide bonds. The minimum Gasteiger partial charge on any atom is -0.505 e. The van der Waals surface area contributed by atoms with E-state index in [-0.39, 0.29) is 16.4 Å². The van der Waals surface area contributed by atoms with Crippen LogP contribution in [0.15, 0.2) is 41.5 Å². The van der Waals surface area contributed by atoms with Crippen molar-refractivity contribution in [1.29, 1.82) is 0 Å². The normalized spacial score (nSPS) is 10.5. The zero-order valence-electron chi connectivity index (χ0n) is 14.8. The summed E-state index contributed by atoms with van der Waals surface area (Å²) in [7, 11) is 1.43. The number of carbonyl (C=O) groups excluding carboxylic acids is 1. The van der Waals surface area contributed by atoms with Crippen LogP contribution in [0.2, 0.25) is 5.02 Å². The Balaban J connectivity index is 2.03. The summed E-state index contributed by atoms with van der Waals surface area (Å²) in [4.78, 5) is 16.0. The summed E-state index contributed by atoms with van der Waals surface area (Å²) >= 11 is 7.24. The van der Waals surface area contributed by atoms with E-state index in [1.165, 1.54) is 13.2 Å². The second-order valence-corrected chi connectivity index (χ2v) is 7.28. The van der Waals surface area contributed by atoms with Gasteiger partial charge in [0.05, 0.1) is 29.1 Å². The van der Waals surface area contributed by atoms with Crippen molar-refractivity contribution in [3.05, 3.63) is 79.5 Å². The van der Waals surface area contributed by atoms with Crippen LogP contribution in [0.25, 0.3) is 20.9 Å². The Bertz CT molecular complexity index is 1160. The molecule has 3 aromatic rings. The van der Waals surface area contributed by atoms with Gasteiger partial charge in [0.25, 0.3) is 0 Å². The van der Waals surface area contributed by atoms with Gasteiger partial charge in [0, 0.05) is 15.4 Å². The molecule has 29 heavy (non-hydrogen) atoms. The molecule has 0 bridgehead atoms. The first kappa shape index (κ1) is 20.6. The molecule has 0 saturated carbocycles. The lowest BCUT2D eigenvalue weighted by molar-refractivity contribution is 0.103. The standard InChI is InChI=1S/C19H12ClF2N3O3S/c1-28-19-10(8-24-25-23)6-9(7-11(19)20)14-4-5-15(29-14)18(27)16-12(21)2-3-13(26)17(16)22/h2-7,26H,8H2,1H3. The number of azide groups is 1. The van der Waals surface area contributed by atoms with E-state index >= 15 is 0 Å². The molecule has 0 unspecified atom stereocenters. The van der Waals surface area contributed by atoms with Gasteiger partial charge in [-0.1, -0.05) is 16.7 Å². The van der Waals surface area contributed by atoms with Crippen molar-refractivity contribution in [3.8, 4) is 21.9 Å². The molecule has 1 aromatic heterocycles. The van der Waals surface area contributed by atoms with Crippen LogP contribution in [-0.2, 0) is 6.54 Å². The average molecular weight is 436 g/mol. The van der Waals surface area contributed by atoms with Gasteiger partial charge in [0.15, 0.2) is 11.6 Å². The van der Waals surface area contributed by atoms with Gasteiger partial charge in [-0.3, -0.25) is 4.79 Å². The number of ketones is 1. The first-order chi connectivity index (χ1) is 13.9. The number of methoxy groups -OCH3 is 1. The maximum atomic E-state index is 14.1. The van der Waals surface area contributed by atoms with Crippen LogP contribution >= 0.6 is 22.9 Å². The monoisotopic (exact) mass is 435 g/mol. The van der Waals surface area contributed by atoms with Crippen LogP contribution in [0.1, 0.15) is 20.8 Å². The predicted molar refractivity (Wildman–Crippen MR) is 106 cm³/mol. The maximum Gasteiger partial charge on any atom is 0.209 e. The molecule has 0 aliphatic carbocycles. The number of carbonyl (C=O) groups is 1. The number of ether oxygens (including phenoxy) is 1. The van der Waals surface area contributed by atoms with Gasteiger partial charge in [-0.25, -0.2) is 8.78 Å². The highest BCUT2D eigenvalue weighted by atomic mass is 35.5. The number of benzene rings is 2. The number of rotatable bonds is 6. The van der Waals surface area contributed by atoms with Crippen LogP contribution in [0, 0.1) is 11.6 Å². The lowest BCUT2D eigenvalue weighted by atomic mass is 10.1. The summed E-state index contributed by atoms with van der Waals surface area (Å²) in [5.74, 6) is -3.71. The van der Waals surface area contributed by atoms with Crippen molar-refractivity contribution in [2.75, 3.05) is 7.11 Å². The second-order valence-electron chi connectivity index (χ2n) is 5.79. The van der Waals surface area contributed by atoms with Crippen LogP contribution in [0.5, 0.6) is 11.5 Å². The molecule has 148 valence electrons. The Morgan fingerprint density at radius 3 is 2.76 bits per heavy atom. The van der Waals surface area contributed by atoms with Crippen LogP contribution < -0.4 is 4.74 Å². The first-order valence-corrected chi connectivity index (χ1v) is 9.26. The highest BCUT2D eigenvalue weighted by Gasteiger charge is 2.23. The second kappa shape index (κ2) is 8.48. The smallest absolute Gasteiger partial charge is 0.209 e. The molecule has 0 spiro atoms. The van der Waals surface area contributed by atoms with Gasteiger partial charge in [-0.15, -0.1) is 11.3 Å². The van der Waals surface area contributed by atoms with Crippen LogP contribution in [0.4, 0.5) is 8.78 Å². The van der Waals surface area contributed by atoms with Crippen LogP contribution in [-0.4, -0.2) is 18.0 Å².